The zero-order chi connectivity index (χ0) is 15.5. The molecule has 0 amide bonds. The molecule has 0 N–H and O–H groups in total. The third-order valence-corrected chi connectivity index (χ3v) is 8.41. The highest BCUT2D eigenvalue weighted by atomic mass is 31.1. The summed E-state index contributed by atoms with van der Waals surface area (Å²) in [5.74, 6) is 0.830. The molecule has 1 saturated carbocycles. The van der Waals surface area contributed by atoms with Gasteiger partial charge in [0, 0.05) is 6.04 Å². The number of rotatable bonds is 5. The molecular weight excluding hydrogens is 285 g/mol. The monoisotopic (exact) mass is 313 g/mol. The molecule has 0 heterocycles. The fraction of sp³-hybridized carbons (Fsp3) is 0.500. The molecule has 2 aliphatic rings. The van der Waals surface area contributed by atoms with Crippen molar-refractivity contribution in [2.24, 2.45) is 5.92 Å². The SMILES string of the molecule is C[C@H](C1CCCC1[P@@](C1=CCC=C1)c1ccccc1)N(C)C. The van der Waals surface area contributed by atoms with E-state index in [1.54, 1.807) is 10.6 Å². The van der Waals surface area contributed by atoms with E-state index in [-0.39, 0.29) is 7.92 Å². The summed E-state index contributed by atoms with van der Waals surface area (Å²) in [7, 11) is 4.26. The Labute approximate surface area is 136 Å². The van der Waals surface area contributed by atoms with E-state index in [1.165, 1.54) is 19.3 Å². The molecule has 3 rings (SSSR count). The van der Waals surface area contributed by atoms with Crippen LogP contribution in [0.1, 0.15) is 32.6 Å². The van der Waals surface area contributed by atoms with Crippen molar-refractivity contribution in [2.45, 2.75) is 44.3 Å². The number of benzene rings is 1. The van der Waals surface area contributed by atoms with Crippen LogP contribution in [-0.2, 0) is 0 Å². The van der Waals surface area contributed by atoms with Gasteiger partial charge in [0.25, 0.3) is 0 Å². The molecular formula is C20H28NP. The molecule has 0 aliphatic heterocycles. The number of nitrogens with zero attached hydrogens (tertiary/aromatic N) is 1. The number of hydrogen-bond acceptors (Lipinski definition) is 1. The van der Waals surface area contributed by atoms with Crippen molar-refractivity contribution in [2.75, 3.05) is 14.1 Å². The summed E-state index contributed by atoms with van der Waals surface area (Å²) in [4.78, 5) is 2.42. The number of hydrogen-bond donors (Lipinski definition) is 0. The maximum atomic E-state index is 2.47. The Kier molecular flexibility index (Phi) is 5.16. The van der Waals surface area contributed by atoms with Crippen LogP contribution in [0.2, 0.25) is 0 Å². The van der Waals surface area contributed by atoms with Gasteiger partial charge in [-0.1, -0.05) is 55.0 Å². The normalized spacial score (nSPS) is 27.2. The molecule has 1 aromatic carbocycles. The summed E-state index contributed by atoms with van der Waals surface area (Å²) >= 11 is 0. The summed E-state index contributed by atoms with van der Waals surface area (Å²) in [6, 6.07) is 12.0. The Balaban J connectivity index is 1.93. The minimum Gasteiger partial charge on any atom is -0.306 e. The van der Waals surface area contributed by atoms with Gasteiger partial charge in [0.1, 0.15) is 0 Å². The van der Waals surface area contributed by atoms with E-state index >= 15 is 0 Å². The maximum absolute atomic E-state index is 2.47. The van der Waals surface area contributed by atoms with Crippen LogP contribution in [0.4, 0.5) is 0 Å². The number of allylic oxidation sites excluding steroid dienone is 4. The molecule has 2 aliphatic carbocycles. The van der Waals surface area contributed by atoms with Gasteiger partial charge in [-0.25, -0.2) is 0 Å². The lowest BCUT2D eigenvalue weighted by Crippen LogP contribution is -2.36. The Hall–Kier alpha value is -0.910. The maximum Gasteiger partial charge on any atom is 0.00953 e. The van der Waals surface area contributed by atoms with Crippen LogP contribution >= 0.6 is 7.92 Å². The van der Waals surface area contributed by atoms with E-state index in [9.17, 15) is 0 Å². The van der Waals surface area contributed by atoms with Crippen molar-refractivity contribution in [3.8, 4) is 0 Å². The molecule has 2 heteroatoms. The topological polar surface area (TPSA) is 3.24 Å². The highest BCUT2D eigenvalue weighted by molar-refractivity contribution is 7.70. The van der Waals surface area contributed by atoms with Gasteiger partial charge in [-0.05, 0) is 70.4 Å². The van der Waals surface area contributed by atoms with Crippen molar-refractivity contribution < 1.29 is 0 Å². The fourth-order valence-electron chi connectivity index (χ4n) is 3.98. The van der Waals surface area contributed by atoms with E-state index in [2.05, 4.69) is 74.5 Å². The molecule has 2 unspecified atom stereocenters. The second-order valence-electron chi connectivity index (χ2n) is 6.84. The average molecular weight is 313 g/mol. The van der Waals surface area contributed by atoms with Crippen molar-refractivity contribution in [3.05, 3.63) is 53.9 Å². The summed E-state index contributed by atoms with van der Waals surface area (Å²) in [5, 5.41) is 3.18. The van der Waals surface area contributed by atoms with Gasteiger partial charge in [0.2, 0.25) is 0 Å². The Morgan fingerprint density at radius 2 is 1.91 bits per heavy atom. The summed E-state index contributed by atoms with van der Waals surface area (Å²) in [6.07, 6.45) is 12.5. The van der Waals surface area contributed by atoms with Crippen LogP contribution in [0.25, 0.3) is 0 Å². The van der Waals surface area contributed by atoms with E-state index in [0.29, 0.717) is 6.04 Å². The lowest BCUT2D eigenvalue weighted by molar-refractivity contribution is 0.232. The molecule has 1 fully saturated rings. The second-order valence-corrected chi connectivity index (χ2v) is 9.28. The molecule has 0 radical (unpaired) electrons. The quantitative estimate of drug-likeness (QED) is 0.709. The first-order valence-corrected chi connectivity index (χ1v) is 9.97. The molecule has 118 valence electrons. The molecule has 0 bridgehead atoms. The van der Waals surface area contributed by atoms with E-state index < -0.39 is 0 Å². The van der Waals surface area contributed by atoms with Crippen molar-refractivity contribution in [1.29, 1.82) is 0 Å². The Morgan fingerprint density at radius 1 is 1.14 bits per heavy atom. The third-order valence-electron chi connectivity index (χ3n) is 5.36. The van der Waals surface area contributed by atoms with Gasteiger partial charge >= 0.3 is 0 Å². The molecule has 1 nitrogen and oxygen atoms in total. The van der Waals surface area contributed by atoms with Crippen LogP contribution in [0.3, 0.4) is 0 Å². The lowest BCUT2D eigenvalue weighted by Gasteiger charge is -2.36. The van der Waals surface area contributed by atoms with Gasteiger partial charge in [-0.15, -0.1) is 0 Å². The zero-order valence-corrected chi connectivity index (χ0v) is 15.0. The van der Waals surface area contributed by atoms with Crippen molar-refractivity contribution in [1.82, 2.24) is 4.90 Å². The molecule has 22 heavy (non-hydrogen) atoms. The largest absolute Gasteiger partial charge is 0.306 e. The zero-order valence-electron chi connectivity index (χ0n) is 14.1. The van der Waals surface area contributed by atoms with Gasteiger partial charge in [-0.2, -0.15) is 0 Å². The van der Waals surface area contributed by atoms with Gasteiger partial charge < -0.3 is 4.90 Å². The standard InChI is InChI=1S/C20H28NP/c1-16(21(2)3)19-14-9-15-20(19)22(18-12-7-8-13-18)17-10-5-4-6-11-17/h4-7,10-13,16,19-20H,8-9,14-15H2,1-3H3/t16-,19?,20?,22-/m1/s1. The molecule has 0 saturated heterocycles. The van der Waals surface area contributed by atoms with Gasteiger partial charge in [0.05, 0.1) is 0 Å². The van der Waals surface area contributed by atoms with E-state index in [4.69, 9.17) is 0 Å². The van der Waals surface area contributed by atoms with Crippen LogP contribution < -0.4 is 5.30 Å². The molecule has 4 atom stereocenters. The summed E-state index contributed by atoms with van der Waals surface area (Å²) in [5.41, 5.74) is 0.837. The first kappa shape index (κ1) is 16.0. The van der Waals surface area contributed by atoms with Crippen LogP contribution in [-0.4, -0.2) is 30.7 Å². The fourth-order valence-corrected chi connectivity index (χ4v) is 7.33. The second kappa shape index (κ2) is 7.11. The van der Waals surface area contributed by atoms with Crippen molar-refractivity contribution in [3.63, 3.8) is 0 Å². The minimum absolute atomic E-state index is 0.207. The van der Waals surface area contributed by atoms with Crippen LogP contribution in [0, 0.1) is 5.92 Å². The van der Waals surface area contributed by atoms with Gasteiger partial charge in [-0.3, -0.25) is 0 Å². The first-order valence-electron chi connectivity index (χ1n) is 8.56. The highest BCUT2D eigenvalue weighted by Crippen LogP contribution is 2.58. The van der Waals surface area contributed by atoms with E-state index in [0.717, 1.165) is 18.0 Å². The lowest BCUT2D eigenvalue weighted by atomic mass is 9.98. The van der Waals surface area contributed by atoms with Crippen molar-refractivity contribution >= 4 is 13.2 Å². The predicted molar refractivity (Wildman–Crippen MR) is 99.1 cm³/mol. The Morgan fingerprint density at radius 3 is 2.55 bits per heavy atom. The summed E-state index contributed by atoms with van der Waals surface area (Å²) < 4.78 is 0. The first-order chi connectivity index (χ1) is 10.7. The Bertz CT molecular complexity index is 546. The molecule has 1 aromatic rings. The minimum atomic E-state index is -0.207. The molecule has 0 spiro atoms. The third kappa shape index (κ3) is 3.21. The highest BCUT2D eigenvalue weighted by Gasteiger charge is 2.39. The van der Waals surface area contributed by atoms with Crippen LogP contribution in [0.5, 0.6) is 0 Å². The van der Waals surface area contributed by atoms with E-state index in [1.807, 2.05) is 0 Å². The smallest absolute Gasteiger partial charge is 0.00953 e. The van der Waals surface area contributed by atoms with Gasteiger partial charge in [0.15, 0.2) is 0 Å². The predicted octanol–water partition coefficient (Wildman–Crippen LogP) is 4.76. The van der Waals surface area contributed by atoms with Crippen LogP contribution in [0.15, 0.2) is 53.9 Å². The average Bonchev–Trinajstić information content (AvgIpc) is 3.20. The summed E-state index contributed by atoms with van der Waals surface area (Å²) in [6.45, 7) is 2.42. The molecule has 0 aromatic heterocycles.